The van der Waals surface area contributed by atoms with Crippen molar-refractivity contribution in [3.05, 3.63) is 0 Å². The molecule has 2 heteroatoms. The van der Waals surface area contributed by atoms with Gasteiger partial charge in [0.2, 0.25) is 0 Å². The number of hydrogen-bond donors (Lipinski definition) is 1. The van der Waals surface area contributed by atoms with Crippen LogP contribution in [0.5, 0.6) is 0 Å². The van der Waals surface area contributed by atoms with E-state index in [4.69, 9.17) is 5.73 Å². The maximum Gasteiger partial charge on any atom is 0.104 e. The highest BCUT2D eigenvalue weighted by Crippen LogP contribution is 2.32. The topological polar surface area (TPSA) is 26.0 Å². The molecule has 1 fully saturated rings. The highest BCUT2D eigenvalue weighted by Gasteiger charge is 2.31. The molecule has 54 valence electrons. The summed E-state index contributed by atoms with van der Waals surface area (Å²) in [5.74, 6) is 0.648. The molecule has 1 nitrogen and oxygen atoms in total. The van der Waals surface area contributed by atoms with Crippen LogP contribution in [0.4, 0.5) is 4.39 Å². The Hall–Kier alpha value is -0.110. The lowest BCUT2D eigenvalue weighted by Gasteiger charge is -2.13. The molecule has 9 heavy (non-hydrogen) atoms. The van der Waals surface area contributed by atoms with E-state index in [1.165, 1.54) is 0 Å². The van der Waals surface area contributed by atoms with Crippen LogP contribution in [0.25, 0.3) is 0 Å². The van der Waals surface area contributed by atoms with E-state index in [1.807, 2.05) is 0 Å². The molecule has 0 amide bonds. The van der Waals surface area contributed by atoms with E-state index in [2.05, 4.69) is 6.92 Å². The van der Waals surface area contributed by atoms with Gasteiger partial charge in [0.15, 0.2) is 0 Å². The van der Waals surface area contributed by atoms with Crippen molar-refractivity contribution >= 4 is 0 Å². The van der Waals surface area contributed by atoms with Gasteiger partial charge in [-0.2, -0.15) is 0 Å². The number of nitrogens with two attached hydrogens (primary N) is 1. The van der Waals surface area contributed by atoms with Crippen molar-refractivity contribution in [2.45, 2.75) is 25.9 Å². The third-order valence-corrected chi connectivity index (χ3v) is 2.37. The summed E-state index contributed by atoms with van der Waals surface area (Å²) < 4.78 is 12.8. The predicted molar refractivity (Wildman–Crippen MR) is 35.8 cm³/mol. The third kappa shape index (κ3) is 1.23. The maximum absolute atomic E-state index is 12.8. The molecule has 0 radical (unpaired) electrons. The molecule has 1 rings (SSSR count). The molecule has 3 unspecified atom stereocenters. The molecule has 1 aliphatic rings. The van der Waals surface area contributed by atoms with Gasteiger partial charge in [0, 0.05) is 5.92 Å². The van der Waals surface area contributed by atoms with Crippen molar-refractivity contribution in [1.29, 1.82) is 0 Å². The van der Waals surface area contributed by atoms with E-state index < -0.39 is 6.17 Å². The first-order valence-corrected chi connectivity index (χ1v) is 3.60. The Morgan fingerprint density at radius 2 is 2.22 bits per heavy atom. The molecule has 0 heterocycles. The number of rotatable bonds is 1. The Morgan fingerprint density at radius 1 is 1.56 bits per heavy atom. The van der Waals surface area contributed by atoms with E-state index >= 15 is 0 Å². The molecular weight excluding hydrogens is 117 g/mol. The van der Waals surface area contributed by atoms with Crippen molar-refractivity contribution in [3.8, 4) is 0 Å². The van der Waals surface area contributed by atoms with Crippen LogP contribution >= 0.6 is 0 Å². The molecule has 0 spiro atoms. The van der Waals surface area contributed by atoms with Crippen LogP contribution in [0.15, 0.2) is 0 Å². The first-order chi connectivity index (χ1) is 4.25. The Balaban J connectivity index is 2.44. The fourth-order valence-corrected chi connectivity index (χ4v) is 1.59. The molecule has 1 saturated carbocycles. The number of hydrogen-bond acceptors (Lipinski definition) is 1. The largest absolute Gasteiger partial charge is 0.330 e. The van der Waals surface area contributed by atoms with Gasteiger partial charge in [0.05, 0.1) is 0 Å². The molecule has 2 N–H and O–H groups in total. The summed E-state index contributed by atoms with van der Waals surface area (Å²) in [6.45, 7) is 2.60. The zero-order valence-corrected chi connectivity index (χ0v) is 5.81. The second-order valence-electron chi connectivity index (χ2n) is 2.97. The van der Waals surface area contributed by atoms with Crippen molar-refractivity contribution < 1.29 is 4.39 Å². The molecule has 0 bridgehead atoms. The van der Waals surface area contributed by atoms with Crippen LogP contribution in [0.3, 0.4) is 0 Å². The monoisotopic (exact) mass is 131 g/mol. The van der Waals surface area contributed by atoms with Gasteiger partial charge in [-0.25, -0.2) is 4.39 Å². The smallest absolute Gasteiger partial charge is 0.104 e. The molecule has 0 aromatic rings. The van der Waals surface area contributed by atoms with E-state index in [-0.39, 0.29) is 5.92 Å². The molecule has 0 aromatic heterocycles. The molecule has 0 aliphatic heterocycles. The van der Waals surface area contributed by atoms with E-state index in [0.717, 1.165) is 12.8 Å². The van der Waals surface area contributed by atoms with Gasteiger partial charge in [0.25, 0.3) is 0 Å². The van der Waals surface area contributed by atoms with Crippen LogP contribution < -0.4 is 5.73 Å². The predicted octanol–water partition coefficient (Wildman–Crippen LogP) is 1.33. The van der Waals surface area contributed by atoms with Gasteiger partial charge in [-0.3, -0.25) is 0 Å². The summed E-state index contributed by atoms with van der Waals surface area (Å²) in [4.78, 5) is 0. The van der Waals surface area contributed by atoms with E-state index in [9.17, 15) is 4.39 Å². The molecule has 3 atom stereocenters. The molecule has 0 saturated heterocycles. The SMILES string of the molecule is CC1CCC(F)C1CN. The first kappa shape index (κ1) is 7.00. The fourth-order valence-electron chi connectivity index (χ4n) is 1.59. The highest BCUT2D eigenvalue weighted by molar-refractivity contribution is 4.82. The van der Waals surface area contributed by atoms with Gasteiger partial charge in [-0.05, 0) is 25.3 Å². The summed E-state index contributed by atoms with van der Waals surface area (Å²) in [6, 6.07) is 0. The van der Waals surface area contributed by atoms with Gasteiger partial charge in [0.1, 0.15) is 6.17 Å². The van der Waals surface area contributed by atoms with Gasteiger partial charge in [-0.15, -0.1) is 0 Å². The van der Waals surface area contributed by atoms with E-state index in [0.29, 0.717) is 12.5 Å². The average molecular weight is 131 g/mol. The van der Waals surface area contributed by atoms with Crippen LogP contribution in [0.1, 0.15) is 19.8 Å². The summed E-state index contributed by atoms with van der Waals surface area (Å²) in [7, 11) is 0. The normalized spacial score (nSPS) is 43.7. The Bertz CT molecular complexity index is 84.9. The van der Waals surface area contributed by atoms with Crippen molar-refractivity contribution in [3.63, 3.8) is 0 Å². The Morgan fingerprint density at radius 3 is 2.44 bits per heavy atom. The summed E-state index contributed by atoms with van der Waals surface area (Å²) in [6.07, 6.45) is 1.12. The molecule has 0 aromatic carbocycles. The standard InChI is InChI=1S/C7H14FN/c1-5-2-3-7(8)6(5)4-9/h5-7H,2-4,9H2,1H3. The van der Waals surface area contributed by atoms with Crippen LogP contribution in [-0.4, -0.2) is 12.7 Å². The number of halogens is 1. The Labute approximate surface area is 55.4 Å². The summed E-state index contributed by atoms with van der Waals surface area (Å²) in [5, 5.41) is 0. The first-order valence-electron chi connectivity index (χ1n) is 3.60. The van der Waals surface area contributed by atoms with Crippen molar-refractivity contribution in [2.75, 3.05) is 6.54 Å². The van der Waals surface area contributed by atoms with Crippen LogP contribution in [0, 0.1) is 11.8 Å². The minimum absolute atomic E-state index is 0.144. The lowest BCUT2D eigenvalue weighted by molar-refractivity contribution is 0.242. The summed E-state index contributed by atoms with van der Waals surface area (Å²) in [5.41, 5.74) is 5.37. The molecule has 1 aliphatic carbocycles. The zero-order chi connectivity index (χ0) is 6.85. The summed E-state index contributed by atoms with van der Waals surface area (Å²) >= 11 is 0. The minimum Gasteiger partial charge on any atom is -0.330 e. The molecular formula is C7H14FN. The van der Waals surface area contributed by atoms with Gasteiger partial charge < -0.3 is 5.73 Å². The number of alkyl halides is 1. The van der Waals surface area contributed by atoms with Crippen molar-refractivity contribution in [1.82, 2.24) is 0 Å². The Kier molecular flexibility index (Phi) is 2.06. The average Bonchev–Trinajstić information content (AvgIpc) is 2.12. The van der Waals surface area contributed by atoms with Crippen molar-refractivity contribution in [2.24, 2.45) is 17.6 Å². The fraction of sp³-hybridized carbons (Fsp3) is 1.00. The maximum atomic E-state index is 12.8. The lowest BCUT2D eigenvalue weighted by Crippen LogP contribution is -2.23. The zero-order valence-electron chi connectivity index (χ0n) is 5.81. The second-order valence-corrected chi connectivity index (χ2v) is 2.97. The van der Waals surface area contributed by atoms with E-state index in [1.54, 1.807) is 0 Å². The third-order valence-electron chi connectivity index (χ3n) is 2.37. The van der Waals surface area contributed by atoms with Crippen LogP contribution in [-0.2, 0) is 0 Å². The second kappa shape index (κ2) is 2.65. The highest BCUT2D eigenvalue weighted by atomic mass is 19.1. The van der Waals surface area contributed by atoms with Crippen LogP contribution in [0.2, 0.25) is 0 Å². The van der Waals surface area contributed by atoms with Gasteiger partial charge in [-0.1, -0.05) is 6.92 Å². The lowest BCUT2D eigenvalue weighted by atomic mass is 9.98. The van der Waals surface area contributed by atoms with Gasteiger partial charge >= 0.3 is 0 Å². The quantitative estimate of drug-likeness (QED) is 0.570. The minimum atomic E-state index is -0.620.